The first-order valence-corrected chi connectivity index (χ1v) is 7.09. The molecule has 4 nitrogen and oxygen atoms in total. The third kappa shape index (κ3) is 2.29. The monoisotopic (exact) mass is 277 g/mol. The van der Waals surface area contributed by atoms with E-state index in [1.54, 1.807) is 0 Å². The molecule has 0 spiro atoms. The predicted octanol–water partition coefficient (Wildman–Crippen LogP) is 3.22. The van der Waals surface area contributed by atoms with Crippen molar-refractivity contribution in [2.45, 2.75) is 12.3 Å². The van der Waals surface area contributed by atoms with Crippen molar-refractivity contribution in [3.63, 3.8) is 0 Å². The Morgan fingerprint density at radius 1 is 1.05 bits per heavy atom. The molecule has 0 bridgehead atoms. The highest BCUT2D eigenvalue weighted by Crippen LogP contribution is 2.34. The van der Waals surface area contributed by atoms with Gasteiger partial charge < -0.3 is 9.84 Å². The van der Waals surface area contributed by atoms with Gasteiger partial charge in [0, 0.05) is 18.7 Å². The first kappa shape index (κ1) is 12.1. The molecule has 0 aliphatic carbocycles. The Bertz CT molecular complexity index is 751. The molecule has 1 N–H and O–H groups in total. The summed E-state index contributed by atoms with van der Waals surface area (Å²) in [7, 11) is 0. The van der Waals surface area contributed by atoms with Crippen LogP contribution in [0.15, 0.2) is 59.1 Å². The first-order valence-electron chi connectivity index (χ1n) is 7.09. The maximum absolute atomic E-state index is 5.48. The molecular formula is C17H15N3O. The fourth-order valence-electron chi connectivity index (χ4n) is 2.76. The van der Waals surface area contributed by atoms with E-state index < -0.39 is 0 Å². The van der Waals surface area contributed by atoms with Gasteiger partial charge >= 0.3 is 0 Å². The largest absolute Gasteiger partial charge is 0.384 e. The smallest absolute Gasteiger partial charge is 0.236 e. The van der Waals surface area contributed by atoms with Crippen molar-refractivity contribution >= 4 is 5.69 Å². The molecule has 0 radical (unpaired) electrons. The molecular weight excluding hydrogens is 262 g/mol. The van der Waals surface area contributed by atoms with Crippen molar-refractivity contribution in [2.24, 2.45) is 0 Å². The molecule has 0 saturated heterocycles. The summed E-state index contributed by atoms with van der Waals surface area (Å²) in [6.45, 7) is 0.812. The Hall–Kier alpha value is -2.62. The molecule has 104 valence electrons. The summed E-state index contributed by atoms with van der Waals surface area (Å²) < 4.78 is 5.48. The number of nitrogens with zero attached hydrogens (tertiary/aromatic N) is 2. The minimum Gasteiger partial charge on any atom is -0.384 e. The van der Waals surface area contributed by atoms with Crippen LogP contribution in [0.4, 0.5) is 5.69 Å². The van der Waals surface area contributed by atoms with E-state index in [-0.39, 0.29) is 5.92 Å². The highest BCUT2D eigenvalue weighted by Gasteiger charge is 2.28. The fourth-order valence-corrected chi connectivity index (χ4v) is 2.76. The molecule has 0 saturated carbocycles. The number of hydrogen-bond acceptors (Lipinski definition) is 4. The van der Waals surface area contributed by atoms with Gasteiger partial charge in [0.2, 0.25) is 5.89 Å². The quantitative estimate of drug-likeness (QED) is 0.798. The lowest BCUT2D eigenvalue weighted by Crippen LogP contribution is -2.04. The highest BCUT2D eigenvalue weighted by molar-refractivity contribution is 5.59. The van der Waals surface area contributed by atoms with Gasteiger partial charge in [-0.25, -0.2) is 0 Å². The van der Waals surface area contributed by atoms with E-state index in [2.05, 4.69) is 39.7 Å². The topological polar surface area (TPSA) is 51.0 Å². The van der Waals surface area contributed by atoms with E-state index in [1.165, 1.54) is 11.1 Å². The van der Waals surface area contributed by atoms with E-state index >= 15 is 0 Å². The number of nitrogens with one attached hydrogen (secondary N) is 1. The van der Waals surface area contributed by atoms with Gasteiger partial charge in [0.25, 0.3) is 0 Å². The normalized spacial score (nSPS) is 16.5. The third-order valence-electron chi connectivity index (χ3n) is 3.82. The van der Waals surface area contributed by atoms with Crippen LogP contribution in [0.1, 0.15) is 28.8 Å². The molecule has 1 atom stereocenters. The van der Waals surface area contributed by atoms with Gasteiger partial charge in [-0.3, -0.25) is 0 Å². The van der Waals surface area contributed by atoms with Crippen molar-refractivity contribution in [1.82, 2.24) is 10.1 Å². The number of fused-ring (bicyclic) bond motifs is 1. The van der Waals surface area contributed by atoms with Gasteiger partial charge in [-0.05, 0) is 17.2 Å². The molecule has 1 aromatic heterocycles. The number of rotatable bonds is 3. The zero-order chi connectivity index (χ0) is 14.1. The Kier molecular flexibility index (Phi) is 2.92. The van der Waals surface area contributed by atoms with Crippen molar-refractivity contribution in [1.29, 1.82) is 0 Å². The molecule has 2 aromatic carbocycles. The molecule has 21 heavy (non-hydrogen) atoms. The summed E-state index contributed by atoms with van der Waals surface area (Å²) in [6, 6.07) is 18.5. The number of anilines is 1. The lowest BCUT2D eigenvalue weighted by Gasteiger charge is -2.03. The zero-order valence-electron chi connectivity index (χ0n) is 11.5. The summed E-state index contributed by atoms with van der Waals surface area (Å²) in [6.07, 6.45) is 0.701. The van der Waals surface area contributed by atoms with Crippen molar-refractivity contribution < 1.29 is 4.52 Å². The maximum Gasteiger partial charge on any atom is 0.236 e. The van der Waals surface area contributed by atoms with Crippen LogP contribution in [-0.4, -0.2) is 16.7 Å². The minimum absolute atomic E-state index is 0.151. The summed E-state index contributed by atoms with van der Waals surface area (Å²) >= 11 is 0. The third-order valence-corrected chi connectivity index (χ3v) is 3.82. The van der Waals surface area contributed by atoms with Gasteiger partial charge in [-0.2, -0.15) is 4.98 Å². The lowest BCUT2D eigenvalue weighted by atomic mass is 10.0. The van der Waals surface area contributed by atoms with Gasteiger partial charge in [0.1, 0.15) is 0 Å². The van der Waals surface area contributed by atoms with Gasteiger partial charge in [-0.1, -0.05) is 53.7 Å². The zero-order valence-corrected chi connectivity index (χ0v) is 11.5. The molecule has 4 rings (SSSR count). The Morgan fingerprint density at radius 3 is 2.76 bits per heavy atom. The number of benzene rings is 2. The standard InChI is InChI=1S/C17H15N3O/c1-2-6-12(7-3-1)10-16-19-17(21-20-16)14-11-18-15-9-5-4-8-13(14)15/h1-9,14,18H,10-11H2. The number of hydrogen-bond donors (Lipinski definition) is 1. The van der Waals surface area contributed by atoms with Crippen LogP contribution in [0.3, 0.4) is 0 Å². The molecule has 0 amide bonds. The second kappa shape index (κ2) is 5.05. The number of aromatic nitrogens is 2. The van der Waals surface area contributed by atoms with Crippen LogP contribution in [0.25, 0.3) is 0 Å². The molecule has 2 heterocycles. The maximum atomic E-state index is 5.48. The van der Waals surface area contributed by atoms with Crippen molar-refractivity contribution in [2.75, 3.05) is 11.9 Å². The van der Waals surface area contributed by atoms with E-state index in [0.29, 0.717) is 12.3 Å². The Morgan fingerprint density at radius 2 is 1.86 bits per heavy atom. The SMILES string of the molecule is c1ccc(Cc2noc(C3CNc4ccccc43)n2)cc1. The van der Waals surface area contributed by atoms with Gasteiger partial charge in [-0.15, -0.1) is 0 Å². The van der Waals surface area contributed by atoms with Gasteiger partial charge in [0.15, 0.2) is 5.82 Å². The van der Waals surface area contributed by atoms with Crippen LogP contribution in [-0.2, 0) is 6.42 Å². The fraction of sp³-hybridized carbons (Fsp3) is 0.176. The van der Waals surface area contributed by atoms with Crippen LogP contribution in [0, 0.1) is 0 Å². The Balaban J connectivity index is 1.58. The van der Waals surface area contributed by atoms with Crippen LogP contribution < -0.4 is 5.32 Å². The molecule has 3 aromatic rings. The predicted molar refractivity (Wildman–Crippen MR) is 80.3 cm³/mol. The summed E-state index contributed by atoms with van der Waals surface area (Å²) in [4.78, 5) is 4.57. The first-order chi connectivity index (χ1) is 10.4. The molecule has 4 heteroatoms. The minimum atomic E-state index is 0.151. The van der Waals surface area contributed by atoms with Crippen LogP contribution in [0.5, 0.6) is 0 Å². The second-order valence-corrected chi connectivity index (χ2v) is 5.23. The Labute approximate surface area is 122 Å². The summed E-state index contributed by atoms with van der Waals surface area (Å²) in [5.41, 5.74) is 3.58. The van der Waals surface area contributed by atoms with Crippen molar-refractivity contribution in [3.05, 3.63) is 77.4 Å². The molecule has 1 unspecified atom stereocenters. The van der Waals surface area contributed by atoms with E-state index in [1.807, 2.05) is 30.3 Å². The average Bonchev–Trinajstić information content (AvgIpc) is 3.14. The molecule has 1 aliphatic heterocycles. The lowest BCUT2D eigenvalue weighted by molar-refractivity contribution is 0.366. The molecule has 1 aliphatic rings. The van der Waals surface area contributed by atoms with Crippen LogP contribution in [0.2, 0.25) is 0 Å². The summed E-state index contributed by atoms with van der Waals surface area (Å²) in [5.74, 6) is 1.58. The van der Waals surface area contributed by atoms with E-state index in [9.17, 15) is 0 Å². The van der Waals surface area contributed by atoms with E-state index in [0.717, 1.165) is 18.1 Å². The van der Waals surface area contributed by atoms with Crippen LogP contribution >= 0.6 is 0 Å². The summed E-state index contributed by atoms with van der Waals surface area (Å²) in [5, 5.41) is 7.49. The van der Waals surface area contributed by atoms with E-state index in [4.69, 9.17) is 4.52 Å². The number of para-hydroxylation sites is 1. The average molecular weight is 277 g/mol. The van der Waals surface area contributed by atoms with Gasteiger partial charge in [0.05, 0.1) is 5.92 Å². The van der Waals surface area contributed by atoms with Crippen molar-refractivity contribution in [3.8, 4) is 0 Å². The highest BCUT2D eigenvalue weighted by atomic mass is 16.5. The molecule has 0 fully saturated rings. The second-order valence-electron chi connectivity index (χ2n) is 5.23.